The summed E-state index contributed by atoms with van der Waals surface area (Å²) in [6.45, 7) is 2.18. The van der Waals surface area contributed by atoms with Crippen molar-refractivity contribution < 1.29 is 19.4 Å². The lowest BCUT2D eigenvalue weighted by molar-refractivity contribution is -0.140. The average molecular weight is 428 g/mol. The normalized spacial score (nSPS) is 17.6. The maximum Gasteiger partial charge on any atom is 0.296 e. The van der Waals surface area contributed by atoms with Gasteiger partial charge in [0.25, 0.3) is 11.7 Å². The number of aryl methyl sites for hydroxylation is 1. The van der Waals surface area contributed by atoms with E-state index < -0.39 is 17.7 Å². The Morgan fingerprint density at radius 2 is 1.84 bits per heavy atom. The quantitative estimate of drug-likeness (QED) is 0.360. The van der Waals surface area contributed by atoms with Crippen LogP contribution in [0.5, 0.6) is 5.75 Å². The molecule has 0 saturated carbocycles. The number of amides is 1. The van der Waals surface area contributed by atoms with Crippen LogP contribution in [-0.4, -0.2) is 33.8 Å². The zero-order chi connectivity index (χ0) is 22.7. The van der Waals surface area contributed by atoms with Gasteiger partial charge in [-0.05, 0) is 41.8 Å². The zero-order valence-electron chi connectivity index (χ0n) is 18.0. The summed E-state index contributed by atoms with van der Waals surface area (Å²) in [5, 5.41) is 11.1. The Morgan fingerprint density at radius 3 is 2.50 bits per heavy atom. The molecule has 1 aliphatic heterocycles. The highest BCUT2D eigenvalue weighted by Gasteiger charge is 2.46. The number of aliphatic hydroxyl groups is 1. The monoisotopic (exact) mass is 428 g/mol. The van der Waals surface area contributed by atoms with Crippen LogP contribution in [-0.2, 0) is 22.6 Å². The van der Waals surface area contributed by atoms with Gasteiger partial charge in [-0.1, -0.05) is 49.4 Å². The van der Waals surface area contributed by atoms with Crippen LogP contribution in [0.4, 0.5) is 0 Å². The van der Waals surface area contributed by atoms with E-state index in [-0.39, 0.29) is 17.9 Å². The molecule has 1 saturated heterocycles. The topological polar surface area (TPSA) is 79.7 Å². The molecule has 2 aromatic carbocycles. The van der Waals surface area contributed by atoms with Gasteiger partial charge in [-0.15, -0.1) is 0 Å². The standard InChI is InChI=1S/C26H24N2O4/c1-3-17-10-12-18(13-11-17)24(29)22-23(19-7-6-9-21(15-19)32-2)28(26(31)25(22)30)16-20-8-4-5-14-27-20/h4-15,23,29H,3,16H2,1-2H3/b24-22-. The van der Waals surface area contributed by atoms with Gasteiger partial charge in [-0.25, -0.2) is 0 Å². The van der Waals surface area contributed by atoms with Crippen LogP contribution >= 0.6 is 0 Å². The van der Waals surface area contributed by atoms with Crippen molar-refractivity contribution in [3.8, 4) is 5.75 Å². The van der Waals surface area contributed by atoms with Crippen molar-refractivity contribution in [3.05, 3.63) is 101 Å². The Balaban J connectivity index is 1.85. The third-order valence-corrected chi connectivity index (χ3v) is 5.64. The Morgan fingerprint density at radius 1 is 1.06 bits per heavy atom. The van der Waals surface area contributed by atoms with Crippen LogP contribution in [0.1, 0.15) is 35.3 Å². The molecule has 0 bridgehead atoms. The molecule has 3 aromatic rings. The number of carbonyl (C=O) groups excluding carboxylic acids is 2. The fraction of sp³-hybridized carbons (Fsp3) is 0.192. The van der Waals surface area contributed by atoms with E-state index in [1.807, 2.05) is 31.2 Å². The molecule has 6 nitrogen and oxygen atoms in total. The summed E-state index contributed by atoms with van der Waals surface area (Å²) in [7, 11) is 1.55. The molecule has 1 unspecified atom stereocenters. The summed E-state index contributed by atoms with van der Waals surface area (Å²) in [6, 6.07) is 19.2. The van der Waals surface area contributed by atoms with Crippen molar-refractivity contribution in [3.63, 3.8) is 0 Å². The smallest absolute Gasteiger partial charge is 0.296 e. The van der Waals surface area contributed by atoms with E-state index in [2.05, 4.69) is 4.98 Å². The van der Waals surface area contributed by atoms with E-state index in [0.29, 0.717) is 22.6 Å². The van der Waals surface area contributed by atoms with Crippen LogP contribution in [0.3, 0.4) is 0 Å². The van der Waals surface area contributed by atoms with Crippen molar-refractivity contribution in [2.45, 2.75) is 25.9 Å². The minimum absolute atomic E-state index is 0.0587. The molecule has 1 fully saturated rings. The number of aromatic nitrogens is 1. The summed E-state index contributed by atoms with van der Waals surface area (Å²) in [5.41, 5.74) is 2.98. The highest BCUT2D eigenvalue weighted by Crippen LogP contribution is 2.41. The molecule has 6 heteroatoms. The minimum Gasteiger partial charge on any atom is -0.507 e. The summed E-state index contributed by atoms with van der Waals surface area (Å²) >= 11 is 0. The molecule has 2 heterocycles. The molecule has 1 aliphatic rings. The van der Waals surface area contributed by atoms with Crippen LogP contribution in [0.25, 0.3) is 5.76 Å². The number of ketones is 1. The molecule has 4 rings (SSSR count). The molecule has 1 aromatic heterocycles. The third kappa shape index (κ3) is 3.99. The van der Waals surface area contributed by atoms with Gasteiger partial charge < -0.3 is 14.7 Å². The second kappa shape index (κ2) is 9.06. The summed E-state index contributed by atoms with van der Waals surface area (Å²) in [4.78, 5) is 31.9. The van der Waals surface area contributed by atoms with Gasteiger partial charge in [0.2, 0.25) is 0 Å². The third-order valence-electron chi connectivity index (χ3n) is 5.64. The first-order chi connectivity index (χ1) is 15.5. The summed E-state index contributed by atoms with van der Waals surface area (Å²) in [5.74, 6) is -0.985. The van der Waals surface area contributed by atoms with Crippen molar-refractivity contribution in [1.82, 2.24) is 9.88 Å². The maximum atomic E-state index is 13.1. The number of nitrogens with zero attached hydrogens (tertiary/aromatic N) is 2. The number of carbonyl (C=O) groups is 2. The number of hydrogen-bond acceptors (Lipinski definition) is 5. The molecule has 0 spiro atoms. The maximum absolute atomic E-state index is 13.1. The predicted molar refractivity (Wildman–Crippen MR) is 121 cm³/mol. The van der Waals surface area contributed by atoms with Crippen molar-refractivity contribution in [1.29, 1.82) is 0 Å². The van der Waals surface area contributed by atoms with Crippen molar-refractivity contribution in [2.24, 2.45) is 0 Å². The zero-order valence-corrected chi connectivity index (χ0v) is 18.0. The SMILES string of the molecule is CCc1ccc(/C(O)=C2/C(=O)C(=O)N(Cc3ccccn3)C2c2cccc(OC)c2)cc1. The van der Waals surface area contributed by atoms with Crippen LogP contribution < -0.4 is 4.74 Å². The number of likely N-dealkylation sites (tertiary alicyclic amines) is 1. The van der Waals surface area contributed by atoms with Gasteiger partial charge in [0.05, 0.1) is 31.0 Å². The highest BCUT2D eigenvalue weighted by atomic mass is 16.5. The lowest BCUT2D eigenvalue weighted by atomic mass is 9.94. The van der Waals surface area contributed by atoms with Gasteiger partial charge in [-0.2, -0.15) is 0 Å². The second-order valence-corrected chi connectivity index (χ2v) is 7.58. The van der Waals surface area contributed by atoms with E-state index in [9.17, 15) is 14.7 Å². The van der Waals surface area contributed by atoms with Crippen LogP contribution in [0.15, 0.2) is 78.5 Å². The van der Waals surface area contributed by atoms with Crippen LogP contribution in [0, 0.1) is 0 Å². The molecule has 1 N–H and O–H groups in total. The Bertz CT molecular complexity index is 1170. The molecule has 1 amide bonds. The molecular weight excluding hydrogens is 404 g/mol. The van der Waals surface area contributed by atoms with E-state index in [4.69, 9.17) is 4.74 Å². The predicted octanol–water partition coefficient (Wildman–Crippen LogP) is 4.27. The molecule has 32 heavy (non-hydrogen) atoms. The number of methoxy groups -OCH3 is 1. The average Bonchev–Trinajstić information content (AvgIpc) is 3.09. The fourth-order valence-corrected chi connectivity index (χ4v) is 3.92. The van der Waals surface area contributed by atoms with Crippen molar-refractivity contribution in [2.75, 3.05) is 7.11 Å². The Kier molecular flexibility index (Phi) is 6.03. The Hall–Kier alpha value is -3.93. The fourth-order valence-electron chi connectivity index (χ4n) is 3.92. The van der Waals surface area contributed by atoms with Gasteiger partial charge >= 0.3 is 0 Å². The molecule has 0 aliphatic carbocycles. The van der Waals surface area contributed by atoms with Gasteiger partial charge in [-0.3, -0.25) is 14.6 Å². The largest absolute Gasteiger partial charge is 0.507 e. The molecule has 162 valence electrons. The number of rotatable bonds is 6. The van der Waals surface area contributed by atoms with E-state index >= 15 is 0 Å². The first-order valence-electron chi connectivity index (χ1n) is 10.4. The first kappa shape index (κ1) is 21.3. The first-order valence-corrected chi connectivity index (χ1v) is 10.4. The molecule has 0 radical (unpaired) electrons. The second-order valence-electron chi connectivity index (χ2n) is 7.58. The number of Topliss-reactive ketones (excluding diaryl/α,β-unsaturated/α-hetero) is 1. The Labute approximate surface area is 186 Å². The lowest BCUT2D eigenvalue weighted by Gasteiger charge is -2.25. The van der Waals surface area contributed by atoms with Crippen LogP contribution in [0.2, 0.25) is 0 Å². The van der Waals surface area contributed by atoms with Gasteiger partial charge in [0.15, 0.2) is 0 Å². The van der Waals surface area contributed by atoms with E-state index in [1.165, 1.54) is 4.90 Å². The summed E-state index contributed by atoms with van der Waals surface area (Å²) < 4.78 is 5.35. The minimum atomic E-state index is -0.766. The number of ether oxygens (including phenoxy) is 1. The highest BCUT2D eigenvalue weighted by molar-refractivity contribution is 6.46. The number of aliphatic hydroxyl groups excluding tert-OH is 1. The van der Waals surface area contributed by atoms with Gasteiger partial charge in [0, 0.05) is 11.8 Å². The molecular formula is C26H24N2O4. The van der Waals surface area contributed by atoms with Crippen molar-refractivity contribution >= 4 is 17.4 Å². The summed E-state index contributed by atoms with van der Waals surface area (Å²) in [6.07, 6.45) is 2.50. The molecule has 1 atom stereocenters. The number of hydrogen-bond donors (Lipinski definition) is 1. The van der Waals surface area contributed by atoms with E-state index in [1.54, 1.807) is 55.8 Å². The lowest BCUT2D eigenvalue weighted by Crippen LogP contribution is -2.29. The number of benzene rings is 2. The van der Waals surface area contributed by atoms with E-state index in [0.717, 1.165) is 12.0 Å². The van der Waals surface area contributed by atoms with Gasteiger partial charge in [0.1, 0.15) is 11.5 Å². The number of pyridine rings is 1.